The summed E-state index contributed by atoms with van der Waals surface area (Å²) in [6, 6.07) is 17.4. The van der Waals surface area contributed by atoms with Gasteiger partial charge in [-0.25, -0.2) is 0 Å². The van der Waals surface area contributed by atoms with Crippen LogP contribution in [-0.2, 0) is 12.0 Å². The van der Waals surface area contributed by atoms with E-state index in [1.165, 1.54) is 22.0 Å². The van der Waals surface area contributed by atoms with E-state index in [0.717, 1.165) is 12.2 Å². The van der Waals surface area contributed by atoms with Crippen LogP contribution in [0.15, 0.2) is 54.7 Å². The fourth-order valence-corrected chi connectivity index (χ4v) is 2.50. The lowest BCUT2D eigenvalue weighted by Gasteiger charge is -2.19. The lowest BCUT2D eigenvalue weighted by molar-refractivity contribution is 0.590. The number of rotatable bonds is 3. The number of benzene rings is 2. The highest BCUT2D eigenvalue weighted by molar-refractivity contribution is 5.79. The monoisotopic (exact) mass is 278 g/mol. The summed E-state index contributed by atoms with van der Waals surface area (Å²) in [5.74, 6) is 0. The van der Waals surface area contributed by atoms with Crippen molar-refractivity contribution in [2.75, 3.05) is 5.32 Å². The van der Waals surface area contributed by atoms with Gasteiger partial charge in [0.2, 0.25) is 0 Å². The zero-order valence-corrected chi connectivity index (χ0v) is 12.9. The van der Waals surface area contributed by atoms with Crippen LogP contribution in [0.3, 0.4) is 0 Å². The van der Waals surface area contributed by atoms with Gasteiger partial charge < -0.3 is 10.3 Å². The molecule has 3 rings (SSSR count). The minimum absolute atomic E-state index is 0.206. The van der Waals surface area contributed by atoms with Gasteiger partial charge in [0.1, 0.15) is 0 Å². The van der Waals surface area contributed by atoms with Crippen molar-refractivity contribution in [2.24, 2.45) is 0 Å². The predicted octanol–water partition coefficient (Wildman–Crippen LogP) is 5.08. The molecule has 2 aromatic carbocycles. The topological polar surface area (TPSA) is 27.8 Å². The molecular weight excluding hydrogens is 256 g/mol. The summed E-state index contributed by atoms with van der Waals surface area (Å²) < 4.78 is 0. The van der Waals surface area contributed by atoms with Crippen LogP contribution >= 0.6 is 0 Å². The summed E-state index contributed by atoms with van der Waals surface area (Å²) in [7, 11) is 0. The molecule has 0 radical (unpaired) electrons. The Labute approximate surface area is 126 Å². The Bertz CT molecular complexity index is 730. The number of hydrogen-bond acceptors (Lipinski definition) is 1. The Morgan fingerprint density at radius 3 is 2.43 bits per heavy atom. The van der Waals surface area contributed by atoms with Gasteiger partial charge in [0.15, 0.2) is 0 Å². The summed E-state index contributed by atoms with van der Waals surface area (Å²) >= 11 is 0. The summed E-state index contributed by atoms with van der Waals surface area (Å²) in [6.45, 7) is 7.55. The minimum Gasteiger partial charge on any atom is -0.381 e. The fraction of sp³-hybridized carbons (Fsp3) is 0.263. The molecule has 1 heterocycles. The highest BCUT2D eigenvalue weighted by atomic mass is 14.9. The van der Waals surface area contributed by atoms with Crippen molar-refractivity contribution in [1.82, 2.24) is 4.98 Å². The minimum atomic E-state index is 0.206. The van der Waals surface area contributed by atoms with Crippen LogP contribution in [0, 0.1) is 0 Å². The molecule has 0 amide bonds. The maximum absolute atomic E-state index is 3.48. The second-order valence-electron chi connectivity index (χ2n) is 6.58. The molecule has 0 aliphatic heterocycles. The Balaban J connectivity index is 1.69. The van der Waals surface area contributed by atoms with Crippen LogP contribution in [0.1, 0.15) is 31.9 Å². The summed E-state index contributed by atoms with van der Waals surface area (Å²) in [4.78, 5) is 3.25. The smallest absolute Gasteiger partial charge is 0.0457 e. The van der Waals surface area contributed by atoms with Gasteiger partial charge in [-0.1, -0.05) is 45.0 Å². The molecule has 0 fully saturated rings. The third kappa shape index (κ3) is 3.10. The molecule has 0 saturated carbocycles. The van der Waals surface area contributed by atoms with E-state index in [4.69, 9.17) is 0 Å². The molecule has 0 saturated heterocycles. The van der Waals surface area contributed by atoms with Crippen LogP contribution in [0.25, 0.3) is 10.9 Å². The Hall–Kier alpha value is -2.22. The molecule has 0 unspecified atom stereocenters. The molecule has 0 atom stereocenters. The molecule has 1 aromatic heterocycles. The number of anilines is 1. The van der Waals surface area contributed by atoms with Gasteiger partial charge in [0.05, 0.1) is 0 Å². The number of hydrogen-bond donors (Lipinski definition) is 2. The van der Waals surface area contributed by atoms with Crippen molar-refractivity contribution in [3.8, 4) is 0 Å². The third-order valence-electron chi connectivity index (χ3n) is 3.87. The molecule has 2 N–H and O–H groups in total. The SMILES string of the molecule is CC(C)(C)c1ccc(NCc2ccc3cc[nH]c3c2)cc1. The zero-order valence-electron chi connectivity index (χ0n) is 12.9. The van der Waals surface area contributed by atoms with Crippen molar-refractivity contribution in [1.29, 1.82) is 0 Å². The molecule has 2 heteroatoms. The van der Waals surface area contributed by atoms with E-state index in [0.29, 0.717) is 0 Å². The van der Waals surface area contributed by atoms with E-state index in [1.807, 2.05) is 6.20 Å². The normalized spacial score (nSPS) is 11.8. The molecule has 21 heavy (non-hydrogen) atoms. The first kappa shape index (κ1) is 13.7. The van der Waals surface area contributed by atoms with Crippen molar-refractivity contribution in [2.45, 2.75) is 32.7 Å². The number of aromatic amines is 1. The van der Waals surface area contributed by atoms with Crippen LogP contribution in [0.5, 0.6) is 0 Å². The Morgan fingerprint density at radius 1 is 0.952 bits per heavy atom. The molecule has 3 aromatic rings. The van der Waals surface area contributed by atoms with Gasteiger partial charge >= 0.3 is 0 Å². The average Bonchev–Trinajstić information content (AvgIpc) is 2.92. The quantitative estimate of drug-likeness (QED) is 0.687. The number of aromatic nitrogens is 1. The number of fused-ring (bicyclic) bond motifs is 1. The number of nitrogens with one attached hydrogen (secondary N) is 2. The average molecular weight is 278 g/mol. The lowest BCUT2D eigenvalue weighted by atomic mass is 9.87. The number of H-pyrrole nitrogens is 1. The molecule has 0 bridgehead atoms. The van der Waals surface area contributed by atoms with Gasteiger partial charge in [-0.05, 0) is 46.2 Å². The molecule has 2 nitrogen and oxygen atoms in total. The van der Waals surface area contributed by atoms with Gasteiger partial charge in [0.25, 0.3) is 0 Å². The maximum atomic E-state index is 3.48. The van der Waals surface area contributed by atoms with Crippen LogP contribution < -0.4 is 5.32 Å². The Morgan fingerprint density at radius 2 is 1.71 bits per heavy atom. The van der Waals surface area contributed by atoms with Crippen molar-refractivity contribution >= 4 is 16.6 Å². The Kier molecular flexibility index (Phi) is 3.46. The van der Waals surface area contributed by atoms with E-state index in [2.05, 4.69) is 79.6 Å². The first-order valence-corrected chi connectivity index (χ1v) is 7.43. The predicted molar refractivity (Wildman–Crippen MR) is 90.8 cm³/mol. The van der Waals surface area contributed by atoms with Crippen LogP contribution in [0.2, 0.25) is 0 Å². The molecule has 0 spiro atoms. The first-order valence-electron chi connectivity index (χ1n) is 7.43. The second-order valence-corrected chi connectivity index (χ2v) is 6.58. The van der Waals surface area contributed by atoms with E-state index in [-0.39, 0.29) is 5.41 Å². The van der Waals surface area contributed by atoms with Crippen molar-refractivity contribution in [3.63, 3.8) is 0 Å². The van der Waals surface area contributed by atoms with Gasteiger partial charge in [-0.2, -0.15) is 0 Å². The molecule has 0 aliphatic carbocycles. The largest absolute Gasteiger partial charge is 0.381 e. The standard InChI is InChI=1S/C19H22N2/c1-19(2,3)16-6-8-17(9-7-16)21-13-14-4-5-15-10-11-20-18(15)12-14/h4-12,20-21H,13H2,1-3H3. The van der Waals surface area contributed by atoms with Crippen LogP contribution in [0.4, 0.5) is 5.69 Å². The summed E-state index contributed by atoms with van der Waals surface area (Å²) in [5.41, 5.74) is 5.20. The van der Waals surface area contributed by atoms with Gasteiger partial charge in [-0.3, -0.25) is 0 Å². The summed E-state index contributed by atoms with van der Waals surface area (Å²) in [6.07, 6.45) is 1.98. The van der Waals surface area contributed by atoms with Crippen molar-refractivity contribution in [3.05, 3.63) is 65.9 Å². The van der Waals surface area contributed by atoms with Crippen molar-refractivity contribution < 1.29 is 0 Å². The zero-order chi connectivity index (χ0) is 14.9. The van der Waals surface area contributed by atoms with E-state index >= 15 is 0 Å². The highest BCUT2D eigenvalue weighted by Crippen LogP contribution is 2.23. The highest BCUT2D eigenvalue weighted by Gasteiger charge is 2.12. The lowest BCUT2D eigenvalue weighted by Crippen LogP contribution is -2.10. The molecule has 108 valence electrons. The molecule has 0 aliphatic rings. The van der Waals surface area contributed by atoms with E-state index in [9.17, 15) is 0 Å². The van der Waals surface area contributed by atoms with Crippen LogP contribution in [-0.4, -0.2) is 4.98 Å². The van der Waals surface area contributed by atoms with Gasteiger partial charge in [0, 0.05) is 23.9 Å². The van der Waals surface area contributed by atoms with Gasteiger partial charge in [-0.15, -0.1) is 0 Å². The maximum Gasteiger partial charge on any atom is 0.0457 e. The van der Waals surface area contributed by atoms with E-state index in [1.54, 1.807) is 0 Å². The van der Waals surface area contributed by atoms with E-state index < -0.39 is 0 Å². The molecular formula is C19H22N2. The first-order chi connectivity index (χ1) is 10.0. The second kappa shape index (κ2) is 5.28. The third-order valence-corrected chi connectivity index (χ3v) is 3.87. The fourth-order valence-electron chi connectivity index (χ4n) is 2.50. The summed E-state index contributed by atoms with van der Waals surface area (Å²) in [5, 5.41) is 4.74.